The smallest absolute Gasteiger partial charge is 0.320 e. The average molecular weight is 274 g/mol. The molecule has 60 valence electrons. The van der Waals surface area contributed by atoms with E-state index in [9.17, 15) is 4.79 Å². The number of alkyl halides is 2. The summed E-state index contributed by atoms with van der Waals surface area (Å²) in [5.74, 6) is -0.216. The molecule has 10 heavy (non-hydrogen) atoms. The predicted octanol–water partition coefficient (Wildman–Crippen LogP) is 2.10. The number of ether oxygens (including phenoxy) is 1. The molecule has 0 saturated carbocycles. The van der Waals surface area contributed by atoms with Crippen molar-refractivity contribution in [3.63, 3.8) is 0 Å². The summed E-state index contributed by atoms with van der Waals surface area (Å²) >= 11 is 6.45. The van der Waals surface area contributed by atoms with Gasteiger partial charge < -0.3 is 4.74 Å². The van der Waals surface area contributed by atoms with Gasteiger partial charge in [0.1, 0.15) is 4.83 Å². The fraction of sp³-hybridized carbons (Fsp3) is 0.833. The van der Waals surface area contributed by atoms with Gasteiger partial charge in [0.05, 0.1) is 6.61 Å². The van der Waals surface area contributed by atoms with Crippen LogP contribution in [0.3, 0.4) is 0 Å². The van der Waals surface area contributed by atoms with Crippen molar-refractivity contribution in [2.75, 3.05) is 6.61 Å². The van der Waals surface area contributed by atoms with Crippen LogP contribution in [0, 0.1) is 0 Å². The van der Waals surface area contributed by atoms with E-state index in [1.165, 1.54) is 0 Å². The quantitative estimate of drug-likeness (QED) is 0.582. The van der Waals surface area contributed by atoms with Crippen LogP contribution in [-0.4, -0.2) is 22.2 Å². The average Bonchev–Trinajstić information content (AvgIpc) is 1.87. The second-order valence-corrected chi connectivity index (χ2v) is 4.26. The van der Waals surface area contributed by atoms with E-state index in [2.05, 4.69) is 31.9 Å². The lowest BCUT2D eigenvalue weighted by Gasteiger charge is -2.09. The predicted molar refractivity (Wildman–Crippen MR) is 47.7 cm³/mol. The van der Waals surface area contributed by atoms with Crippen LogP contribution in [0.1, 0.15) is 13.8 Å². The molecule has 0 N–H and O–H groups in total. The van der Waals surface area contributed by atoms with Gasteiger partial charge in [-0.2, -0.15) is 0 Å². The lowest BCUT2D eigenvalue weighted by molar-refractivity contribution is -0.142. The van der Waals surface area contributed by atoms with E-state index in [0.29, 0.717) is 6.61 Å². The van der Waals surface area contributed by atoms with Gasteiger partial charge in [0.2, 0.25) is 0 Å². The van der Waals surface area contributed by atoms with Gasteiger partial charge in [0.25, 0.3) is 0 Å². The topological polar surface area (TPSA) is 26.3 Å². The van der Waals surface area contributed by atoms with Gasteiger partial charge in [-0.05, 0) is 6.92 Å². The van der Waals surface area contributed by atoms with Gasteiger partial charge in [-0.3, -0.25) is 4.79 Å². The summed E-state index contributed by atoms with van der Waals surface area (Å²) < 4.78 is 4.75. The van der Waals surface area contributed by atoms with Crippen LogP contribution in [0.25, 0.3) is 0 Å². The van der Waals surface area contributed by atoms with Crippen molar-refractivity contribution in [1.29, 1.82) is 0 Å². The molecule has 0 saturated heterocycles. The molecular weight excluding hydrogens is 264 g/mol. The van der Waals surface area contributed by atoms with E-state index >= 15 is 0 Å². The number of hydrogen-bond acceptors (Lipinski definition) is 2. The standard InChI is InChI=1S/C6H10Br2O2/c1-3-10-6(9)5(8)4(2)7/h4-5H,3H2,1-2H3/t4-,5-/m0/s1. The molecule has 0 aromatic carbocycles. The number of rotatable bonds is 3. The molecule has 0 aliphatic heterocycles. The number of carbonyl (C=O) groups is 1. The second-order valence-electron chi connectivity index (χ2n) is 1.83. The number of hydrogen-bond donors (Lipinski definition) is 0. The zero-order valence-corrected chi connectivity index (χ0v) is 9.11. The molecule has 0 aliphatic rings. The molecule has 0 unspecified atom stereocenters. The maximum atomic E-state index is 10.9. The third kappa shape index (κ3) is 3.56. The second kappa shape index (κ2) is 5.13. The number of halogens is 2. The Labute approximate surface area is 77.6 Å². The number of esters is 1. The Morgan fingerprint density at radius 3 is 2.40 bits per heavy atom. The maximum Gasteiger partial charge on any atom is 0.320 e. The molecule has 2 atom stereocenters. The lowest BCUT2D eigenvalue weighted by atomic mass is 10.3. The first kappa shape index (κ1) is 10.4. The monoisotopic (exact) mass is 272 g/mol. The Hall–Kier alpha value is 0.430. The van der Waals surface area contributed by atoms with Gasteiger partial charge in [0.15, 0.2) is 0 Å². The maximum absolute atomic E-state index is 10.9. The van der Waals surface area contributed by atoms with Crippen molar-refractivity contribution in [3.05, 3.63) is 0 Å². The van der Waals surface area contributed by atoms with Gasteiger partial charge >= 0.3 is 5.97 Å². The van der Waals surface area contributed by atoms with E-state index < -0.39 is 0 Å². The number of carbonyl (C=O) groups excluding carboxylic acids is 1. The highest BCUT2D eigenvalue weighted by molar-refractivity contribution is 9.12. The van der Waals surface area contributed by atoms with Crippen molar-refractivity contribution < 1.29 is 9.53 Å². The molecule has 4 heteroatoms. The molecular formula is C6H10Br2O2. The molecule has 0 fully saturated rings. The van der Waals surface area contributed by atoms with Crippen LogP contribution in [0.15, 0.2) is 0 Å². The molecule has 0 rings (SSSR count). The van der Waals surface area contributed by atoms with E-state index in [1.807, 2.05) is 6.92 Å². The fourth-order valence-corrected chi connectivity index (χ4v) is 0.757. The highest BCUT2D eigenvalue weighted by Gasteiger charge is 2.20. The van der Waals surface area contributed by atoms with Crippen LogP contribution < -0.4 is 0 Å². The minimum absolute atomic E-state index is 0.103. The van der Waals surface area contributed by atoms with Crippen molar-refractivity contribution >= 4 is 37.8 Å². The molecule has 0 amide bonds. The summed E-state index contributed by atoms with van der Waals surface area (Å²) in [6.07, 6.45) is 0. The summed E-state index contributed by atoms with van der Waals surface area (Å²) in [4.78, 5) is 10.7. The molecule has 0 heterocycles. The minimum atomic E-state index is -0.243. The van der Waals surface area contributed by atoms with Crippen molar-refractivity contribution in [1.82, 2.24) is 0 Å². The van der Waals surface area contributed by atoms with E-state index in [1.54, 1.807) is 6.92 Å². The molecule has 0 bridgehead atoms. The Morgan fingerprint density at radius 2 is 2.10 bits per heavy atom. The Bertz CT molecular complexity index is 114. The minimum Gasteiger partial charge on any atom is -0.465 e. The third-order valence-electron chi connectivity index (χ3n) is 0.915. The van der Waals surface area contributed by atoms with E-state index in [4.69, 9.17) is 4.74 Å². The zero-order chi connectivity index (χ0) is 8.15. The molecule has 0 aromatic heterocycles. The van der Waals surface area contributed by atoms with Crippen LogP contribution in [0.5, 0.6) is 0 Å². The van der Waals surface area contributed by atoms with Crippen LogP contribution in [-0.2, 0) is 9.53 Å². The van der Waals surface area contributed by atoms with Crippen molar-refractivity contribution in [3.8, 4) is 0 Å². The third-order valence-corrected chi connectivity index (χ3v) is 3.32. The van der Waals surface area contributed by atoms with Crippen LogP contribution >= 0.6 is 31.9 Å². The van der Waals surface area contributed by atoms with Crippen molar-refractivity contribution in [2.24, 2.45) is 0 Å². The van der Waals surface area contributed by atoms with Crippen molar-refractivity contribution in [2.45, 2.75) is 23.5 Å². The van der Waals surface area contributed by atoms with E-state index in [-0.39, 0.29) is 15.6 Å². The molecule has 2 nitrogen and oxygen atoms in total. The normalized spacial score (nSPS) is 16.0. The summed E-state index contributed by atoms with van der Waals surface area (Å²) in [6.45, 7) is 4.10. The SMILES string of the molecule is CCOC(=O)[C@@H](Br)[C@H](C)Br. The van der Waals surface area contributed by atoms with Gasteiger partial charge in [-0.1, -0.05) is 38.8 Å². The Balaban J connectivity index is 3.71. The largest absolute Gasteiger partial charge is 0.465 e. The highest BCUT2D eigenvalue weighted by Crippen LogP contribution is 2.14. The summed E-state index contributed by atoms with van der Waals surface area (Å²) in [5.41, 5.74) is 0. The fourth-order valence-electron chi connectivity index (χ4n) is 0.409. The molecule has 0 radical (unpaired) electrons. The summed E-state index contributed by atoms with van der Waals surface area (Å²) in [6, 6.07) is 0. The molecule has 0 aromatic rings. The van der Waals surface area contributed by atoms with Gasteiger partial charge in [0, 0.05) is 4.83 Å². The van der Waals surface area contributed by atoms with Crippen LogP contribution in [0.2, 0.25) is 0 Å². The highest BCUT2D eigenvalue weighted by atomic mass is 79.9. The van der Waals surface area contributed by atoms with Gasteiger partial charge in [-0.15, -0.1) is 0 Å². The lowest BCUT2D eigenvalue weighted by Crippen LogP contribution is -2.24. The Morgan fingerprint density at radius 1 is 1.60 bits per heavy atom. The molecule has 0 aliphatic carbocycles. The van der Waals surface area contributed by atoms with E-state index in [0.717, 1.165) is 0 Å². The first-order chi connectivity index (χ1) is 4.59. The summed E-state index contributed by atoms with van der Waals surface area (Å²) in [5, 5.41) is 0. The first-order valence-electron chi connectivity index (χ1n) is 3.04. The van der Waals surface area contributed by atoms with Crippen LogP contribution in [0.4, 0.5) is 0 Å². The molecule has 0 spiro atoms. The first-order valence-corrected chi connectivity index (χ1v) is 4.87. The zero-order valence-electron chi connectivity index (χ0n) is 5.93. The summed E-state index contributed by atoms with van der Waals surface area (Å²) in [7, 11) is 0. The Kier molecular flexibility index (Phi) is 5.35. The van der Waals surface area contributed by atoms with Gasteiger partial charge in [-0.25, -0.2) is 0 Å².